The van der Waals surface area contributed by atoms with Crippen LogP contribution >= 0.6 is 24.0 Å². The first-order valence-electron chi connectivity index (χ1n) is 9.24. The van der Waals surface area contributed by atoms with Crippen LogP contribution in [0.15, 0.2) is 52.4 Å². The highest BCUT2D eigenvalue weighted by Gasteiger charge is 2.45. The summed E-state index contributed by atoms with van der Waals surface area (Å²) in [5, 5.41) is 6.53. The molecule has 1 fully saturated rings. The lowest BCUT2D eigenvalue weighted by molar-refractivity contribution is 0.559. The van der Waals surface area contributed by atoms with Crippen molar-refractivity contribution in [2.24, 2.45) is 4.99 Å². The smallest absolute Gasteiger partial charge is 0.191 e. The van der Waals surface area contributed by atoms with Crippen molar-refractivity contribution >= 4 is 39.8 Å². The zero-order valence-electron chi connectivity index (χ0n) is 16.8. The molecule has 1 saturated carbocycles. The van der Waals surface area contributed by atoms with E-state index in [1.807, 2.05) is 18.2 Å². The average Bonchev–Trinajstić information content (AvgIpc) is 3.42. The van der Waals surface area contributed by atoms with Crippen molar-refractivity contribution < 1.29 is 12.8 Å². The molecule has 0 unspecified atom stereocenters. The SMILES string of the molecule is CN=C(NCc1ccc(S(C)(=O)=O)c(C)c1)NCC1(c2ccccc2F)CC1.I. The average molecular weight is 531 g/mol. The van der Waals surface area contributed by atoms with Gasteiger partial charge >= 0.3 is 0 Å². The normalized spacial score (nSPS) is 15.4. The summed E-state index contributed by atoms with van der Waals surface area (Å²) in [4.78, 5) is 4.58. The summed E-state index contributed by atoms with van der Waals surface area (Å²) in [5.74, 6) is 0.471. The number of hydrogen-bond donors (Lipinski definition) is 2. The van der Waals surface area contributed by atoms with Gasteiger partial charge in [0.2, 0.25) is 0 Å². The number of guanidine groups is 1. The lowest BCUT2D eigenvalue weighted by atomic mass is 9.95. The van der Waals surface area contributed by atoms with E-state index in [0.717, 1.165) is 29.5 Å². The van der Waals surface area contributed by atoms with Crippen LogP contribution in [-0.2, 0) is 21.8 Å². The lowest BCUT2D eigenvalue weighted by Crippen LogP contribution is -2.41. The van der Waals surface area contributed by atoms with E-state index in [4.69, 9.17) is 0 Å². The van der Waals surface area contributed by atoms with Crippen molar-refractivity contribution in [2.75, 3.05) is 19.8 Å². The van der Waals surface area contributed by atoms with E-state index >= 15 is 0 Å². The highest BCUT2D eigenvalue weighted by Crippen LogP contribution is 2.48. The molecule has 0 radical (unpaired) electrons. The van der Waals surface area contributed by atoms with Gasteiger partial charge < -0.3 is 10.6 Å². The summed E-state index contributed by atoms with van der Waals surface area (Å²) in [6.45, 7) is 2.91. The van der Waals surface area contributed by atoms with Gasteiger partial charge in [0.25, 0.3) is 0 Å². The van der Waals surface area contributed by atoms with E-state index in [1.165, 1.54) is 12.3 Å². The van der Waals surface area contributed by atoms with Crippen LogP contribution in [0.2, 0.25) is 0 Å². The van der Waals surface area contributed by atoms with Gasteiger partial charge in [-0.1, -0.05) is 30.3 Å². The van der Waals surface area contributed by atoms with Gasteiger partial charge in [0.15, 0.2) is 15.8 Å². The quantitative estimate of drug-likeness (QED) is 0.340. The number of hydrogen-bond acceptors (Lipinski definition) is 3. The van der Waals surface area contributed by atoms with Crippen LogP contribution in [0.25, 0.3) is 0 Å². The van der Waals surface area contributed by atoms with Crippen LogP contribution in [0.4, 0.5) is 4.39 Å². The Hall–Kier alpha value is -1.68. The Labute approximate surface area is 189 Å². The van der Waals surface area contributed by atoms with E-state index in [0.29, 0.717) is 23.9 Å². The highest BCUT2D eigenvalue weighted by molar-refractivity contribution is 14.0. The zero-order valence-corrected chi connectivity index (χ0v) is 20.0. The molecule has 29 heavy (non-hydrogen) atoms. The zero-order chi connectivity index (χ0) is 20.4. The first-order valence-corrected chi connectivity index (χ1v) is 11.1. The summed E-state index contributed by atoms with van der Waals surface area (Å²) in [5.41, 5.74) is 2.27. The third kappa shape index (κ3) is 5.69. The third-order valence-electron chi connectivity index (χ3n) is 5.22. The summed E-state index contributed by atoms with van der Waals surface area (Å²) < 4.78 is 37.6. The Balaban J connectivity index is 0.00000300. The van der Waals surface area contributed by atoms with Gasteiger partial charge in [-0.15, -0.1) is 24.0 Å². The number of rotatable bonds is 6. The second-order valence-electron chi connectivity index (χ2n) is 7.41. The van der Waals surface area contributed by atoms with E-state index < -0.39 is 9.84 Å². The fourth-order valence-corrected chi connectivity index (χ4v) is 4.44. The van der Waals surface area contributed by atoms with Gasteiger partial charge in [-0.25, -0.2) is 12.8 Å². The van der Waals surface area contributed by atoms with Crippen LogP contribution in [0.5, 0.6) is 0 Å². The second kappa shape index (κ2) is 9.42. The van der Waals surface area contributed by atoms with E-state index in [9.17, 15) is 12.8 Å². The van der Waals surface area contributed by atoms with Gasteiger partial charge in [0.1, 0.15) is 5.82 Å². The molecule has 1 aliphatic rings. The van der Waals surface area contributed by atoms with Crippen LogP contribution in [0.1, 0.15) is 29.5 Å². The fourth-order valence-electron chi connectivity index (χ4n) is 3.48. The second-order valence-corrected chi connectivity index (χ2v) is 9.40. The Morgan fingerprint density at radius 2 is 1.86 bits per heavy atom. The van der Waals surface area contributed by atoms with E-state index in [-0.39, 0.29) is 35.2 Å². The molecule has 158 valence electrons. The first kappa shape index (κ1) is 23.6. The summed E-state index contributed by atoms with van der Waals surface area (Å²) >= 11 is 0. The maximum Gasteiger partial charge on any atom is 0.191 e. The minimum atomic E-state index is -3.22. The van der Waals surface area contributed by atoms with Gasteiger partial charge in [0.05, 0.1) is 4.90 Å². The molecule has 2 N–H and O–H groups in total. The Kier molecular flexibility index (Phi) is 7.67. The summed E-state index contributed by atoms with van der Waals surface area (Å²) in [6, 6.07) is 12.2. The van der Waals surface area contributed by atoms with Gasteiger partial charge in [-0.2, -0.15) is 0 Å². The number of nitrogens with one attached hydrogen (secondary N) is 2. The van der Waals surface area contributed by atoms with Crippen molar-refractivity contribution in [3.05, 3.63) is 65.0 Å². The Morgan fingerprint density at radius 1 is 1.17 bits per heavy atom. The van der Waals surface area contributed by atoms with Crippen molar-refractivity contribution in [2.45, 2.75) is 36.6 Å². The first-order chi connectivity index (χ1) is 13.2. The monoisotopic (exact) mass is 531 g/mol. The van der Waals surface area contributed by atoms with Crippen molar-refractivity contribution in [3.63, 3.8) is 0 Å². The molecular weight excluding hydrogens is 504 g/mol. The van der Waals surface area contributed by atoms with E-state index in [1.54, 1.807) is 32.2 Å². The number of aryl methyl sites for hydroxylation is 1. The van der Waals surface area contributed by atoms with Crippen LogP contribution < -0.4 is 10.6 Å². The number of benzene rings is 2. The molecule has 0 spiro atoms. The molecule has 0 saturated heterocycles. The molecule has 0 heterocycles. The van der Waals surface area contributed by atoms with Gasteiger partial charge in [-0.05, 0) is 48.6 Å². The third-order valence-corrected chi connectivity index (χ3v) is 6.47. The summed E-state index contributed by atoms with van der Waals surface area (Å²) in [7, 11) is -1.53. The molecule has 0 amide bonds. The van der Waals surface area contributed by atoms with E-state index in [2.05, 4.69) is 15.6 Å². The number of sulfone groups is 1. The Morgan fingerprint density at radius 3 is 2.41 bits per heavy atom. The largest absolute Gasteiger partial charge is 0.356 e. The van der Waals surface area contributed by atoms with Crippen LogP contribution in [0.3, 0.4) is 0 Å². The predicted molar refractivity (Wildman–Crippen MR) is 125 cm³/mol. The van der Waals surface area contributed by atoms with Gasteiger partial charge in [0, 0.05) is 31.8 Å². The number of aliphatic imine (C=N–C) groups is 1. The van der Waals surface area contributed by atoms with Crippen LogP contribution in [-0.4, -0.2) is 34.2 Å². The van der Waals surface area contributed by atoms with Crippen molar-refractivity contribution in [1.82, 2.24) is 10.6 Å². The summed E-state index contributed by atoms with van der Waals surface area (Å²) in [6.07, 6.45) is 3.11. The number of nitrogens with zero attached hydrogens (tertiary/aromatic N) is 1. The molecule has 2 aromatic carbocycles. The van der Waals surface area contributed by atoms with Gasteiger partial charge in [-0.3, -0.25) is 4.99 Å². The molecule has 1 aliphatic carbocycles. The molecule has 0 atom stereocenters. The molecule has 0 bridgehead atoms. The minimum absolute atomic E-state index is 0. The number of halogens is 2. The fraction of sp³-hybridized carbons (Fsp3) is 0.381. The van der Waals surface area contributed by atoms with Crippen LogP contribution in [0, 0.1) is 12.7 Å². The standard InChI is InChI=1S/C21H26FN3O2S.HI/c1-15-12-16(8-9-19(15)28(3,26)27)13-24-20(23-2)25-14-21(10-11-21)17-6-4-5-7-18(17)22;/h4-9,12H,10-11,13-14H2,1-3H3,(H2,23,24,25);1H. The molecule has 2 aromatic rings. The lowest BCUT2D eigenvalue weighted by Gasteiger charge is -2.19. The topological polar surface area (TPSA) is 70.6 Å². The molecule has 3 rings (SSSR count). The maximum atomic E-state index is 14.1. The molecule has 5 nitrogen and oxygen atoms in total. The maximum absolute atomic E-state index is 14.1. The highest BCUT2D eigenvalue weighted by atomic mass is 127. The van der Waals surface area contributed by atoms with Crippen molar-refractivity contribution in [3.8, 4) is 0 Å². The molecule has 0 aliphatic heterocycles. The molecular formula is C21H27FIN3O2S. The minimum Gasteiger partial charge on any atom is -0.356 e. The predicted octanol–water partition coefficient (Wildman–Crippen LogP) is 3.55. The Bertz CT molecular complexity index is 1000. The molecule has 8 heteroatoms. The van der Waals surface area contributed by atoms with Crippen molar-refractivity contribution in [1.29, 1.82) is 0 Å². The molecule has 0 aromatic heterocycles.